The molecule has 1 aromatic rings. The van der Waals surface area contributed by atoms with E-state index >= 15 is 0 Å². The Bertz CT molecular complexity index is 554. The molecule has 0 bridgehead atoms. The SMILES string of the molecule is COc1nc(N2CCC(C(=O)N3CCSCC3)C2)ncc1Br. The van der Waals surface area contributed by atoms with E-state index in [4.69, 9.17) is 4.74 Å². The maximum atomic E-state index is 12.6. The number of methoxy groups -OCH3 is 1. The lowest BCUT2D eigenvalue weighted by Gasteiger charge is -2.28. The highest BCUT2D eigenvalue weighted by molar-refractivity contribution is 9.10. The molecule has 120 valence electrons. The minimum Gasteiger partial charge on any atom is -0.480 e. The van der Waals surface area contributed by atoms with Gasteiger partial charge in [0.05, 0.1) is 23.7 Å². The molecule has 2 aliphatic rings. The number of anilines is 1. The number of amides is 1. The second kappa shape index (κ2) is 7.04. The molecule has 0 aliphatic carbocycles. The van der Waals surface area contributed by atoms with Gasteiger partial charge in [0.1, 0.15) is 0 Å². The first-order valence-corrected chi connectivity index (χ1v) is 9.32. The minimum atomic E-state index is 0.0568. The van der Waals surface area contributed by atoms with E-state index in [0.29, 0.717) is 18.4 Å². The van der Waals surface area contributed by atoms with Crippen LogP contribution in [0.1, 0.15) is 6.42 Å². The number of nitrogens with zero attached hydrogens (tertiary/aromatic N) is 4. The molecule has 0 radical (unpaired) electrons. The number of halogens is 1. The number of thioether (sulfide) groups is 1. The van der Waals surface area contributed by atoms with Gasteiger partial charge in [-0.1, -0.05) is 0 Å². The largest absolute Gasteiger partial charge is 0.480 e. The van der Waals surface area contributed by atoms with E-state index in [1.807, 2.05) is 16.7 Å². The first-order chi connectivity index (χ1) is 10.7. The molecule has 1 amide bonds. The zero-order chi connectivity index (χ0) is 15.5. The van der Waals surface area contributed by atoms with Crippen LogP contribution in [0.4, 0.5) is 5.95 Å². The van der Waals surface area contributed by atoms with Gasteiger partial charge in [-0.15, -0.1) is 0 Å². The molecule has 0 aromatic carbocycles. The van der Waals surface area contributed by atoms with Gasteiger partial charge in [0, 0.05) is 37.7 Å². The maximum Gasteiger partial charge on any atom is 0.232 e. The Balaban J connectivity index is 1.65. The number of ether oxygens (including phenoxy) is 1. The molecule has 1 aromatic heterocycles. The summed E-state index contributed by atoms with van der Waals surface area (Å²) < 4.78 is 5.95. The van der Waals surface area contributed by atoms with Crippen molar-refractivity contribution in [3.05, 3.63) is 10.7 Å². The Labute approximate surface area is 142 Å². The third-order valence-corrected chi connectivity index (χ3v) is 5.52. The van der Waals surface area contributed by atoms with Crippen molar-refractivity contribution in [3.8, 4) is 5.88 Å². The number of hydrogen-bond acceptors (Lipinski definition) is 6. The Kier molecular flexibility index (Phi) is 5.07. The number of carbonyl (C=O) groups excluding carboxylic acids is 1. The first kappa shape index (κ1) is 15.9. The van der Waals surface area contributed by atoms with Crippen LogP contribution in [0.15, 0.2) is 10.7 Å². The fraction of sp³-hybridized carbons (Fsp3) is 0.643. The first-order valence-electron chi connectivity index (χ1n) is 7.37. The summed E-state index contributed by atoms with van der Waals surface area (Å²) in [5.41, 5.74) is 0. The predicted molar refractivity (Wildman–Crippen MR) is 90.5 cm³/mol. The number of hydrogen-bond donors (Lipinski definition) is 0. The molecule has 0 N–H and O–H groups in total. The topological polar surface area (TPSA) is 58.6 Å². The summed E-state index contributed by atoms with van der Waals surface area (Å²) in [6.45, 7) is 3.25. The fourth-order valence-corrected chi connectivity index (χ4v) is 4.08. The molecular weight excluding hydrogens is 368 g/mol. The third kappa shape index (κ3) is 3.32. The number of carbonyl (C=O) groups is 1. The molecule has 0 spiro atoms. The van der Waals surface area contributed by atoms with Crippen LogP contribution in [0.3, 0.4) is 0 Å². The molecular formula is C14H19BrN4O2S. The lowest BCUT2D eigenvalue weighted by molar-refractivity contribution is -0.134. The van der Waals surface area contributed by atoms with Gasteiger partial charge in [-0.05, 0) is 22.4 Å². The smallest absolute Gasteiger partial charge is 0.232 e. The molecule has 6 nitrogen and oxygen atoms in total. The van der Waals surface area contributed by atoms with Crippen molar-refractivity contribution in [3.63, 3.8) is 0 Å². The normalized spacial score (nSPS) is 22.0. The average molecular weight is 387 g/mol. The quantitative estimate of drug-likeness (QED) is 0.786. The lowest BCUT2D eigenvalue weighted by atomic mass is 10.1. The predicted octanol–water partition coefficient (Wildman–Crippen LogP) is 1.65. The van der Waals surface area contributed by atoms with E-state index in [1.165, 1.54) is 0 Å². The third-order valence-electron chi connectivity index (χ3n) is 4.04. The monoisotopic (exact) mass is 386 g/mol. The van der Waals surface area contributed by atoms with Crippen molar-refractivity contribution < 1.29 is 9.53 Å². The van der Waals surface area contributed by atoms with Gasteiger partial charge in [0.25, 0.3) is 0 Å². The van der Waals surface area contributed by atoms with Crippen LogP contribution in [0.2, 0.25) is 0 Å². The van der Waals surface area contributed by atoms with Crippen molar-refractivity contribution in [2.45, 2.75) is 6.42 Å². The van der Waals surface area contributed by atoms with Gasteiger partial charge in [0.15, 0.2) is 0 Å². The van der Waals surface area contributed by atoms with Crippen molar-refractivity contribution in [1.82, 2.24) is 14.9 Å². The van der Waals surface area contributed by atoms with E-state index in [1.54, 1.807) is 13.3 Å². The molecule has 3 heterocycles. The fourth-order valence-electron chi connectivity index (χ4n) is 2.82. The van der Waals surface area contributed by atoms with Gasteiger partial charge >= 0.3 is 0 Å². The Morgan fingerprint density at radius 1 is 1.41 bits per heavy atom. The van der Waals surface area contributed by atoms with Crippen LogP contribution < -0.4 is 9.64 Å². The van der Waals surface area contributed by atoms with Crippen molar-refractivity contribution >= 4 is 39.5 Å². The van der Waals surface area contributed by atoms with Crippen molar-refractivity contribution in [1.29, 1.82) is 0 Å². The van der Waals surface area contributed by atoms with Crippen LogP contribution in [0.5, 0.6) is 5.88 Å². The molecule has 22 heavy (non-hydrogen) atoms. The zero-order valence-electron chi connectivity index (χ0n) is 12.5. The van der Waals surface area contributed by atoms with Gasteiger partial charge in [-0.3, -0.25) is 4.79 Å². The molecule has 1 atom stereocenters. The summed E-state index contributed by atoms with van der Waals surface area (Å²) >= 11 is 5.27. The Morgan fingerprint density at radius 3 is 2.91 bits per heavy atom. The summed E-state index contributed by atoms with van der Waals surface area (Å²) in [4.78, 5) is 25.4. The highest BCUT2D eigenvalue weighted by atomic mass is 79.9. The van der Waals surface area contributed by atoms with E-state index in [-0.39, 0.29) is 11.8 Å². The summed E-state index contributed by atoms with van der Waals surface area (Å²) in [6.07, 6.45) is 2.56. The van der Waals surface area contributed by atoms with E-state index in [9.17, 15) is 4.79 Å². The summed E-state index contributed by atoms with van der Waals surface area (Å²) in [7, 11) is 1.58. The second-order valence-corrected chi connectivity index (χ2v) is 7.48. The van der Waals surface area contributed by atoms with Crippen molar-refractivity contribution in [2.75, 3.05) is 49.7 Å². The Hall–Kier alpha value is -1.02. The average Bonchev–Trinajstić information content (AvgIpc) is 3.05. The van der Waals surface area contributed by atoms with E-state index < -0.39 is 0 Å². The van der Waals surface area contributed by atoms with Gasteiger partial charge in [-0.2, -0.15) is 16.7 Å². The second-order valence-electron chi connectivity index (χ2n) is 5.40. The van der Waals surface area contributed by atoms with Crippen molar-refractivity contribution in [2.24, 2.45) is 5.92 Å². The molecule has 3 rings (SSSR count). The van der Waals surface area contributed by atoms with Crippen LogP contribution in [0, 0.1) is 5.92 Å². The number of aromatic nitrogens is 2. The van der Waals surface area contributed by atoms with Gasteiger partial charge in [-0.25, -0.2) is 4.98 Å². The summed E-state index contributed by atoms with van der Waals surface area (Å²) in [6, 6.07) is 0. The lowest BCUT2D eigenvalue weighted by Crippen LogP contribution is -2.42. The molecule has 0 saturated carbocycles. The highest BCUT2D eigenvalue weighted by Gasteiger charge is 2.33. The minimum absolute atomic E-state index is 0.0568. The standard InChI is InChI=1S/C14H19BrN4O2S/c1-21-12-11(15)8-16-14(17-12)19-3-2-10(9-19)13(20)18-4-6-22-7-5-18/h8,10H,2-7,9H2,1H3. The van der Waals surface area contributed by atoms with E-state index in [0.717, 1.165) is 42.0 Å². The summed E-state index contributed by atoms with van der Waals surface area (Å²) in [5.74, 6) is 3.59. The molecule has 1 unspecified atom stereocenters. The molecule has 8 heteroatoms. The number of rotatable bonds is 3. The van der Waals surface area contributed by atoms with Gasteiger partial charge < -0.3 is 14.5 Å². The molecule has 2 saturated heterocycles. The summed E-state index contributed by atoms with van der Waals surface area (Å²) in [5, 5.41) is 0. The van der Waals surface area contributed by atoms with Gasteiger partial charge in [0.2, 0.25) is 17.7 Å². The molecule has 2 fully saturated rings. The van der Waals surface area contributed by atoms with Crippen LogP contribution >= 0.6 is 27.7 Å². The van der Waals surface area contributed by atoms with Crippen LogP contribution in [0.25, 0.3) is 0 Å². The zero-order valence-corrected chi connectivity index (χ0v) is 14.9. The van der Waals surface area contributed by atoms with Crippen LogP contribution in [-0.4, -0.2) is 65.6 Å². The maximum absolute atomic E-state index is 12.6. The highest BCUT2D eigenvalue weighted by Crippen LogP contribution is 2.27. The Morgan fingerprint density at radius 2 is 2.18 bits per heavy atom. The van der Waals surface area contributed by atoms with E-state index in [2.05, 4.69) is 30.8 Å². The molecule has 2 aliphatic heterocycles. The van der Waals surface area contributed by atoms with Crippen LogP contribution in [-0.2, 0) is 4.79 Å².